The van der Waals surface area contributed by atoms with E-state index in [1.165, 1.54) is 0 Å². The van der Waals surface area contributed by atoms with Crippen molar-refractivity contribution in [2.75, 3.05) is 19.7 Å². The lowest BCUT2D eigenvalue weighted by Gasteiger charge is -2.31. The first-order valence-corrected chi connectivity index (χ1v) is 6.78. The third-order valence-corrected chi connectivity index (χ3v) is 3.62. The molecule has 0 radical (unpaired) electrons. The smallest absolute Gasteiger partial charge is 0.180 e. The van der Waals surface area contributed by atoms with Gasteiger partial charge in [-0.25, -0.2) is 4.98 Å². The summed E-state index contributed by atoms with van der Waals surface area (Å²) in [4.78, 5) is 6.68. The summed E-state index contributed by atoms with van der Waals surface area (Å²) < 4.78 is 11.0. The van der Waals surface area contributed by atoms with Crippen LogP contribution in [-0.2, 0) is 11.3 Å². The summed E-state index contributed by atoms with van der Waals surface area (Å²) in [6, 6.07) is 0. The Labute approximate surface area is 117 Å². The first-order chi connectivity index (χ1) is 9.63. The first-order valence-electron chi connectivity index (χ1n) is 6.78. The zero-order valence-corrected chi connectivity index (χ0v) is 12.0. The Kier molecular flexibility index (Phi) is 3.54. The molecular formula is C13H19N5O2. The molecule has 3 heterocycles. The maximum atomic E-state index is 5.76. The summed E-state index contributed by atoms with van der Waals surface area (Å²) >= 11 is 0. The minimum absolute atomic E-state index is 0.0748. The summed E-state index contributed by atoms with van der Waals surface area (Å²) in [5, 5.41) is 11.0. The summed E-state index contributed by atoms with van der Waals surface area (Å²) in [5.41, 5.74) is 2.12. The molecule has 7 nitrogen and oxygen atoms in total. The highest BCUT2D eigenvalue weighted by molar-refractivity contribution is 5.20. The molecule has 0 aliphatic carbocycles. The van der Waals surface area contributed by atoms with Crippen LogP contribution in [0, 0.1) is 20.8 Å². The van der Waals surface area contributed by atoms with E-state index >= 15 is 0 Å². The molecule has 1 saturated heterocycles. The molecule has 1 aliphatic rings. The number of ether oxygens (including phenoxy) is 1. The minimum Gasteiger partial charge on any atom is -0.367 e. The van der Waals surface area contributed by atoms with Gasteiger partial charge >= 0.3 is 0 Å². The topological polar surface area (TPSA) is 80.1 Å². The van der Waals surface area contributed by atoms with Crippen molar-refractivity contribution >= 4 is 0 Å². The van der Waals surface area contributed by atoms with Crippen molar-refractivity contribution in [3.63, 3.8) is 0 Å². The molecule has 108 valence electrons. The molecule has 0 unspecified atom stereocenters. The fourth-order valence-corrected chi connectivity index (χ4v) is 2.46. The molecule has 2 aromatic rings. The molecule has 3 rings (SSSR count). The number of morpholine rings is 1. The summed E-state index contributed by atoms with van der Waals surface area (Å²) in [5.74, 6) is 2.43. The van der Waals surface area contributed by atoms with Crippen LogP contribution in [0.3, 0.4) is 0 Å². The van der Waals surface area contributed by atoms with Crippen molar-refractivity contribution in [3.05, 3.63) is 28.7 Å². The van der Waals surface area contributed by atoms with Crippen LogP contribution in [0.2, 0.25) is 0 Å². The van der Waals surface area contributed by atoms with E-state index in [0.29, 0.717) is 6.61 Å². The van der Waals surface area contributed by atoms with Gasteiger partial charge in [0.25, 0.3) is 0 Å². The van der Waals surface area contributed by atoms with Crippen LogP contribution in [0.5, 0.6) is 0 Å². The van der Waals surface area contributed by atoms with Gasteiger partial charge in [0, 0.05) is 25.2 Å². The van der Waals surface area contributed by atoms with Gasteiger partial charge in [-0.2, -0.15) is 5.10 Å². The van der Waals surface area contributed by atoms with Crippen molar-refractivity contribution in [3.8, 4) is 0 Å². The molecule has 1 atom stereocenters. The minimum atomic E-state index is -0.0748. The van der Waals surface area contributed by atoms with Gasteiger partial charge in [-0.15, -0.1) is 0 Å². The number of hydrogen-bond donors (Lipinski definition) is 1. The average Bonchev–Trinajstić information content (AvgIpc) is 3.00. The second-order valence-electron chi connectivity index (χ2n) is 5.18. The molecule has 1 fully saturated rings. The van der Waals surface area contributed by atoms with Crippen LogP contribution >= 0.6 is 0 Å². The Hall–Kier alpha value is -1.73. The van der Waals surface area contributed by atoms with Gasteiger partial charge in [-0.05, 0) is 20.8 Å². The summed E-state index contributed by atoms with van der Waals surface area (Å²) in [6.45, 7) is 8.99. The molecule has 0 amide bonds. The maximum absolute atomic E-state index is 5.76. The van der Waals surface area contributed by atoms with Gasteiger partial charge in [0.2, 0.25) is 0 Å². The Balaban J connectivity index is 1.69. The number of hydrogen-bond acceptors (Lipinski definition) is 6. The van der Waals surface area contributed by atoms with Crippen molar-refractivity contribution < 1.29 is 9.26 Å². The quantitative estimate of drug-likeness (QED) is 0.910. The lowest BCUT2D eigenvalue weighted by molar-refractivity contribution is -0.0372. The van der Waals surface area contributed by atoms with Gasteiger partial charge in [-0.1, -0.05) is 5.16 Å². The Bertz CT molecular complexity index is 572. The largest absolute Gasteiger partial charge is 0.367 e. The van der Waals surface area contributed by atoms with Crippen molar-refractivity contribution in [2.24, 2.45) is 0 Å². The molecule has 0 bridgehead atoms. The fourth-order valence-electron chi connectivity index (χ4n) is 2.46. The number of aryl methyl sites for hydroxylation is 3. The predicted molar refractivity (Wildman–Crippen MR) is 71.1 cm³/mol. The van der Waals surface area contributed by atoms with Crippen LogP contribution in [0.25, 0.3) is 0 Å². The van der Waals surface area contributed by atoms with Gasteiger partial charge in [0.05, 0.1) is 12.3 Å². The van der Waals surface area contributed by atoms with Crippen molar-refractivity contribution in [1.29, 1.82) is 0 Å². The van der Waals surface area contributed by atoms with Gasteiger partial charge in [0.15, 0.2) is 5.82 Å². The maximum Gasteiger partial charge on any atom is 0.180 e. The third kappa shape index (κ3) is 2.59. The number of nitrogens with zero attached hydrogens (tertiary/aromatic N) is 4. The zero-order valence-electron chi connectivity index (χ0n) is 12.0. The number of rotatable bonds is 3. The highest BCUT2D eigenvalue weighted by Crippen LogP contribution is 2.22. The van der Waals surface area contributed by atoms with Gasteiger partial charge in [0.1, 0.15) is 17.7 Å². The van der Waals surface area contributed by atoms with E-state index < -0.39 is 0 Å². The molecule has 0 aromatic carbocycles. The molecule has 0 spiro atoms. The van der Waals surface area contributed by atoms with Gasteiger partial charge < -0.3 is 9.26 Å². The van der Waals surface area contributed by atoms with Crippen LogP contribution in [-0.4, -0.2) is 44.9 Å². The molecule has 7 heteroatoms. The molecule has 20 heavy (non-hydrogen) atoms. The van der Waals surface area contributed by atoms with Crippen LogP contribution < -0.4 is 0 Å². The van der Waals surface area contributed by atoms with Crippen molar-refractivity contribution in [1.82, 2.24) is 25.2 Å². The van der Waals surface area contributed by atoms with Crippen LogP contribution in [0.4, 0.5) is 0 Å². The summed E-state index contributed by atoms with van der Waals surface area (Å²) in [7, 11) is 0. The second kappa shape index (κ2) is 5.34. The average molecular weight is 277 g/mol. The number of H-pyrrole nitrogens is 1. The number of aromatic amines is 1. The van der Waals surface area contributed by atoms with E-state index in [2.05, 4.69) is 25.2 Å². The molecule has 1 aliphatic heterocycles. The van der Waals surface area contributed by atoms with E-state index in [1.54, 1.807) is 0 Å². The predicted octanol–water partition coefficient (Wildman–Crippen LogP) is 1.29. The molecule has 0 saturated carbocycles. The standard InChI is InChI=1S/C13H19N5O2/c1-8-11(9(2)20-17-8)6-18-4-5-19-12(7-18)13-14-10(3)15-16-13/h12H,4-7H2,1-3H3,(H,14,15,16)/t12-/m1/s1. The monoisotopic (exact) mass is 277 g/mol. The van der Waals surface area contributed by atoms with E-state index in [0.717, 1.165) is 48.3 Å². The highest BCUT2D eigenvalue weighted by Gasteiger charge is 2.26. The fraction of sp³-hybridized carbons (Fsp3) is 0.615. The first kappa shape index (κ1) is 13.3. The van der Waals surface area contributed by atoms with Crippen molar-refractivity contribution in [2.45, 2.75) is 33.4 Å². The normalized spacial score (nSPS) is 20.4. The van der Waals surface area contributed by atoms with E-state index in [4.69, 9.17) is 9.26 Å². The summed E-state index contributed by atoms with van der Waals surface area (Å²) in [6.07, 6.45) is -0.0748. The molecular weight excluding hydrogens is 258 g/mol. The lowest BCUT2D eigenvalue weighted by atomic mass is 10.1. The van der Waals surface area contributed by atoms with Crippen LogP contribution in [0.1, 0.15) is 34.8 Å². The lowest BCUT2D eigenvalue weighted by Crippen LogP contribution is -2.38. The number of nitrogens with one attached hydrogen (secondary N) is 1. The third-order valence-electron chi connectivity index (χ3n) is 3.62. The second-order valence-corrected chi connectivity index (χ2v) is 5.18. The SMILES string of the molecule is Cc1nc([C@H]2CN(Cc3c(C)noc3C)CCO2)n[nH]1. The highest BCUT2D eigenvalue weighted by atomic mass is 16.5. The van der Waals surface area contributed by atoms with E-state index in [-0.39, 0.29) is 6.10 Å². The molecule has 1 N–H and O–H groups in total. The molecule has 2 aromatic heterocycles. The Morgan fingerprint density at radius 3 is 2.85 bits per heavy atom. The van der Waals surface area contributed by atoms with Crippen LogP contribution in [0.15, 0.2) is 4.52 Å². The Morgan fingerprint density at radius 2 is 2.20 bits per heavy atom. The van der Waals surface area contributed by atoms with E-state index in [9.17, 15) is 0 Å². The Morgan fingerprint density at radius 1 is 1.35 bits per heavy atom. The number of aromatic nitrogens is 4. The zero-order chi connectivity index (χ0) is 14.1. The van der Waals surface area contributed by atoms with E-state index in [1.807, 2.05) is 20.8 Å². The van der Waals surface area contributed by atoms with Gasteiger partial charge in [-0.3, -0.25) is 10.00 Å².